The molecule has 0 aliphatic carbocycles. The van der Waals surface area contributed by atoms with Gasteiger partial charge < -0.3 is 34.9 Å². The molecule has 13 nitrogen and oxygen atoms in total. The number of likely N-dealkylation sites (tertiary alicyclic amines) is 1. The molecule has 1 aromatic heterocycles. The van der Waals surface area contributed by atoms with Crippen molar-refractivity contribution in [3.63, 3.8) is 0 Å². The van der Waals surface area contributed by atoms with E-state index in [1.807, 2.05) is 18.2 Å². The summed E-state index contributed by atoms with van der Waals surface area (Å²) < 4.78 is 5.73. The first-order chi connectivity index (χ1) is 21.1. The summed E-state index contributed by atoms with van der Waals surface area (Å²) in [5.74, 6) is -2.24. The van der Waals surface area contributed by atoms with Crippen LogP contribution in [0.15, 0.2) is 45.8 Å². The molecule has 0 saturated carbocycles. The van der Waals surface area contributed by atoms with Gasteiger partial charge in [-0.2, -0.15) is 0 Å². The SMILES string of the molecule is N=C/N=C/N1C[C@H](O)C[C@H](O)C1NC[C@H](NC(=O)c1c(Cl)cc2c(c1Cl)CCN(C(=O)c1cc3ccccc3o1)C2)C(=O)O. The average molecular weight is 646 g/mol. The van der Waals surface area contributed by atoms with Gasteiger partial charge in [-0.1, -0.05) is 41.4 Å². The number of β-amino-alcohol motifs (C(OH)–C–C–N with tert-alkyl or cyclic N) is 1. The van der Waals surface area contributed by atoms with Gasteiger partial charge in [-0.3, -0.25) is 20.3 Å². The number of furan rings is 1. The fourth-order valence-corrected chi connectivity index (χ4v) is 6.26. The topological polar surface area (TPSA) is 192 Å². The van der Waals surface area contributed by atoms with Crippen molar-refractivity contribution in [1.82, 2.24) is 20.4 Å². The van der Waals surface area contributed by atoms with Crippen LogP contribution in [0.25, 0.3) is 11.0 Å². The van der Waals surface area contributed by atoms with Crippen LogP contribution in [-0.4, -0.2) is 99.6 Å². The number of halogens is 2. The maximum Gasteiger partial charge on any atom is 0.327 e. The normalized spacial score (nSPS) is 20.9. The minimum absolute atomic E-state index is 0.00731. The predicted molar refractivity (Wildman–Crippen MR) is 162 cm³/mol. The Hall–Kier alpha value is -4.01. The molecule has 0 spiro atoms. The van der Waals surface area contributed by atoms with Crippen LogP contribution >= 0.6 is 23.2 Å². The van der Waals surface area contributed by atoms with Crippen molar-refractivity contribution in [2.45, 2.75) is 43.8 Å². The number of para-hydroxylation sites is 1. The lowest BCUT2D eigenvalue weighted by molar-refractivity contribution is -0.139. The molecule has 15 heteroatoms. The van der Waals surface area contributed by atoms with Crippen LogP contribution in [0.2, 0.25) is 10.0 Å². The Morgan fingerprint density at radius 3 is 2.70 bits per heavy atom. The van der Waals surface area contributed by atoms with Gasteiger partial charge in [0.05, 0.1) is 34.2 Å². The number of hydrogen-bond donors (Lipinski definition) is 6. The van der Waals surface area contributed by atoms with Crippen LogP contribution in [0, 0.1) is 5.41 Å². The second-order valence-electron chi connectivity index (χ2n) is 10.6. The number of nitrogens with zero attached hydrogens (tertiary/aromatic N) is 3. The summed E-state index contributed by atoms with van der Waals surface area (Å²) in [7, 11) is 0. The lowest BCUT2D eigenvalue weighted by Gasteiger charge is -2.40. The van der Waals surface area contributed by atoms with E-state index in [4.69, 9.17) is 33.0 Å². The van der Waals surface area contributed by atoms with E-state index in [0.717, 1.165) is 11.7 Å². The first-order valence-electron chi connectivity index (χ1n) is 13.8. The number of aliphatic carboxylic acids is 1. The summed E-state index contributed by atoms with van der Waals surface area (Å²) in [6.07, 6.45) is -0.349. The van der Waals surface area contributed by atoms with Gasteiger partial charge in [0.1, 0.15) is 24.1 Å². The fraction of sp³-hybridized carbons (Fsp3) is 0.345. The Bertz CT molecular complexity index is 1600. The van der Waals surface area contributed by atoms with Crippen LogP contribution in [0.5, 0.6) is 0 Å². The molecule has 0 bridgehead atoms. The highest BCUT2D eigenvalue weighted by atomic mass is 35.5. The molecular weight excluding hydrogens is 615 g/mol. The number of hydrogen-bond acceptors (Lipinski definition) is 8. The van der Waals surface area contributed by atoms with Crippen LogP contribution in [0.3, 0.4) is 0 Å². The Balaban J connectivity index is 1.28. The molecule has 6 N–H and O–H groups in total. The summed E-state index contributed by atoms with van der Waals surface area (Å²) in [6.45, 7) is 0.290. The average Bonchev–Trinajstić information content (AvgIpc) is 3.42. The highest BCUT2D eigenvalue weighted by molar-refractivity contribution is 6.40. The summed E-state index contributed by atoms with van der Waals surface area (Å²) >= 11 is 13.2. The smallest absolute Gasteiger partial charge is 0.327 e. The number of carboxylic acid groups (broad SMARTS) is 1. The number of aliphatic hydroxyl groups excluding tert-OH is 2. The van der Waals surface area contributed by atoms with E-state index < -0.39 is 36.3 Å². The zero-order valence-electron chi connectivity index (χ0n) is 23.2. The number of nitrogens with one attached hydrogen (secondary N) is 3. The summed E-state index contributed by atoms with van der Waals surface area (Å²) in [5.41, 5.74) is 1.80. The zero-order valence-corrected chi connectivity index (χ0v) is 24.8. The first-order valence-corrected chi connectivity index (χ1v) is 14.5. The van der Waals surface area contributed by atoms with Crippen molar-refractivity contribution in [2.24, 2.45) is 4.99 Å². The number of rotatable bonds is 9. The molecule has 0 radical (unpaired) electrons. The summed E-state index contributed by atoms with van der Waals surface area (Å²) in [6, 6.07) is 9.11. The van der Waals surface area contributed by atoms with E-state index in [-0.39, 0.29) is 53.3 Å². The maximum atomic E-state index is 13.3. The van der Waals surface area contributed by atoms with Crippen LogP contribution in [0.4, 0.5) is 0 Å². The number of carbonyl (C=O) groups is 3. The number of carboxylic acids is 1. The van der Waals surface area contributed by atoms with Crippen molar-refractivity contribution >= 4 is 64.6 Å². The second-order valence-corrected chi connectivity index (χ2v) is 11.4. The molecule has 5 rings (SSSR count). The molecular formula is C29H30Cl2N6O7. The van der Waals surface area contributed by atoms with Gasteiger partial charge in [-0.05, 0) is 35.7 Å². The molecule has 1 fully saturated rings. The summed E-state index contributed by atoms with van der Waals surface area (Å²) in [4.78, 5) is 45.3. The van der Waals surface area contributed by atoms with Gasteiger partial charge in [-0.15, -0.1) is 0 Å². The van der Waals surface area contributed by atoms with Crippen LogP contribution in [0.1, 0.15) is 38.5 Å². The maximum absolute atomic E-state index is 13.3. The van der Waals surface area contributed by atoms with Gasteiger partial charge in [0.15, 0.2) is 5.76 Å². The van der Waals surface area contributed by atoms with Gasteiger partial charge in [-0.25, -0.2) is 9.79 Å². The molecule has 44 heavy (non-hydrogen) atoms. The lowest BCUT2D eigenvalue weighted by atomic mass is 9.96. The van der Waals surface area contributed by atoms with Gasteiger partial charge in [0.2, 0.25) is 0 Å². The number of piperidine rings is 1. The summed E-state index contributed by atoms with van der Waals surface area (Å²) in [5, 5.41) is 43.6. The van der Waals surface area contributed by atoms with Crippen molar-refractivity contribution in [3.05, 3.63) is 68.9 Å². The Morgan fingerprint density at radius 2 is 1.98 bits per heavy atom. The lowest BCUT2D eigenvalue weighted by Crippen LogP contribution is -2.61. The van der Waals surface area contributed by atoms with E-state index in [9.17, 15) is 29.7 Å². The van der Waals surface area contributed by atoms with Crippen LogP contribution < -0.4 is 10.6 Å². The number of aliphatic hydroxyl groups is 2. The van der Waals surface area contributed by atoms with E-state index in [0.29, 0.717) is 29.7 Å². The Morgan fingerprint density at radius 1 is 1.20 bits per heavy atom. The van der Waals surface area contributed by atoms with E-state index in [1.54, 1.807) is 23.1 Å². The van der Waals surface area contributed by atoms with Crippen molar-refractivity contribution in [1.29, 1.82) is 5.41 Å². The largest absolute Gasteiger partial charge is 0.480 e. The van der Waals surface area contributed by atoms with Crippen molar-refractivity contribution in [3.8, 4) is 0 Å². The third-order valence-corrected chi connectivity index (χ3v) is 8.35. The fourth-order valence-electron chi connectivity index (χ4n) is 5.50. The van der Waals surface area contributed by atoms with E-state index >= 15 is 0 Å². The third kappa shape index (κ3) is 6.56. The molecule has 2 aliphatic rings. The van der Waals surface area contributed by atoms with Gasteiger partial charge in [0.25, 0.3) is 11.8 Å². The monoisotopic (exact) mass is 644 g/mol. The molecule has 3 aromatic rings. The standard InChI is InChI=1S/C29H30Cl2N6O7/c30-19-7-16-11-36(28(41)23-8-15-3-1-2-4-22(15)44-23)6-5-18(16)25(31)24(19)27(40)35-20(29(42)43)10-34-26-21(39)9-17(38)12-37(26)14-33-13-32/h1-4,7-8,13-14,17,20-21,26,32,34,38-39H,5-6,9-12H2,(H,35,40)(H,42,43)/b32-13?,33-14+/t17-,20+,21+,26?/m1/s1. The Kier molecular flexibility index (Phi) is 9.51. The van der Waals surface area contributed by atoms with Crippen molar-refractivity contribution < 1.29 is 34.1 Å². The number of carbonyl (C=O) groups excluding carboxylic acids is 2. The number of fused-ring (bicyclic) bond motifs is 2. The van der Waals surface area contributed by atoms with Crippen LogP contribution in [-0.2, 0) is 17.8 Å². The minimum Gasteiger partial charge on any atom is -0.480 e. The van der Waals surface area contributed by atoms with E-state index in [2.05, 4.69) is 15.6 Å². The zero-order chi connectivity index (χ0) is 31.5. The molecule has 232 valence electrons. The molecule has 2 aromatic carbocycles. The van der Waals surface area contributed by atoms with E-state index in [1.165, 1.54) is 11.2 Å². The molecule has 3 heterocycles. The molecule has 4 atom stereocenters. The third-order valence-electron chi connectivity index (χ3n) is 7.64. The molecule has 1 saturated heterocycles. The highest BCUT2D eigenvalue weighted by Crippen LogP contribution is 2.35. The first kappa shape index (κ1) is 31.4. The van der Waals surface area contributed by atoms with Gasteiger partial charge >= 0.3 is 5.97 Å². The molecule has 2 aliphatic heterocycles. The number of amides is 2. The molecule has 2 amide bonds. The predicted octanol–water partition coefficient (Wildman–Crippen LogP) is 2.10. The van der Waals surface area contributed by atoms with Gasteiger partial charge in [0, 0.05) is 38.0 Å². The number of aliphatic imine (C=N–C) groups is 1. The Labute approximate surface area is 261 Å². The van der Waals surface area contributed by atoms with Crippen molar-refractivity contribution in [2.75, 3.05) is 19.6 Å². The molecule has 1 unspecified atom stereocenters. The quantitative estimate of drug-likeness (QED) is 0.149. The highest BCUT2D eigenvalue weighted by Gasteiger charge is 2.35. The number of benzene rings is 2. The second kappa shape index (κ2) is 13.3. The minimum atomic E-state index is -1.44.